The van der Waals surface area contributed by atoms with E-state index in [-0.39, 0.29) is 5.41 Å². The van der Waals surface area contributed by atoms with E-state index in [9.17, 15) is 0 Å². The molecule has 0 radical (unpaired) electrons. The van der Waals surface area contributed by atoms with E-state index in [1.807, 2.05) is 12.1 Å². The van der Waals surface area contributed by atoms with Gasteiger partial charge in [0, 0.05) is 21.0 Å². The van der Waals surface area contributed by atoms with Crippen LogP contribution in [-0.4, -0.2) is 12.1 Å². The van der Waals surface area contributed by atoms with Crippen LogP contribution in [0.3, 0.4) is 0 Å². The Morgan fingerprint density at radius 3 is 2.50 bits per heavy atom. The van der Waals surface area contributed by atoms with Crippen LogP contribution in [-0.2, 0) is 5.41 Å². The van der Waals surface area contributed by atoms with Crippen LogP contribution in [0.15, 0.2) is 22.7 Å². The van der Waals surface area contributed by atoms with E-state index in [2.05, 4.69) is 47.8 Å². The third-order valence-corrected chi connectivity index (χ3v) is 3.39. The fraction of sp³-hybridized carbons (Fsp3) is 0.385. The summed E-state index contributed by atoms with van der Waals surface area (Å²) in [6.45, 7) is 6.58. The number of nitrogens with one attached hydrogen (secondary N) is 1. The van der Waals surface area contributed by atoms with Crippen LogP contribution in [0.5, 0.6) is 5.75 Å². The van der Waals surface area contributed by atoms with Gasteiger partial charge < -0.3 is 9.72 Å². The van der Waals surface area contributed by atoms with E-state index in [1.54, 1.807) is 7.11 Å². The number of aromatic nitrogens is 1. The number of hydrogen-bond donors (Lipinski definition) is 1. The summed E-state index contributed by atoms with van der Waals surface area (Å²) in [5, 5.41) is 1.13. The van der Waals surface area contributed by atoms with Gasteiger partial charge in [0.25, 0.3) is 0 Å². The van der Waals surface area contributed by atoms with Gasteiger partial charge in [0.2, 0.25) is 0 Å². The van der Waals surface area contributed by atoms with Gasteiger partial charge in [-0.25, -0.2) is 0 Å². The summed E-state index contributed by atoms with van der Waals surface area (Å²) in [5.41, 5.74) is 2.43. The van der Waals surface area contributed by atoms with Crippen molar-refractivity contribution in [3.8, 4) is 5.75 Å². The molecule has 0 fully saturated rings. The van der Waals surface area contributed by atoms with Crippen molar-refractivity contribution < 1.29 is 4.74 Å². The molecule has 0 unspecified atom stereocenters. The molecule has 0 aliphatic rings. The molecule has 1 N–H and O–H groups in total. The molecule has 86 valence electrons. The molecular formula is C13H16BrNO. The average Bonchev–Trinajstić information content (AvgIpc) is 2.63. The molecule has 16 heavy (non-hydrogen) atoms. The highest BCUT2D eigenvalue weighted by molar-refractivity contribution is 9.10. The standard InChI is InChI=1S/C13H16BrNO/c1-13(2,3)11-7-8-10(16-4)6-5-9(14)12(8)15-11/h5-7,15H,1-4H3. The summed E-state index contributed by atoms with van der Waals surface area (Å²) < 4.78 is 6.44. The first-order chi connectivity index (χ1) is 7.43. The first-order valence-electron chi connectivity index (χ1n) is 5.29. The molecule has 2 rings (SSSR count). The van der Waals surface area contributed by atoms with Crippen LogP contribution in [0.2, 0.25) is 0 Å². The maximum Gasteiger partial charge on any atom is 0.128 e. The Kier molecular flexibility index (Phi) is 2.74. The van der Waals surface area contributed by atoms with E-state index in [1.165, 1.54) is 5.69 Å². The lowest BCUT2D eigenvalue weighted by molar-refractivity contribution is 0.420. The summed E-state index contributed by atoms with van der Waals surface area (Å²) in [6.07, 6.45) is 0. The maximum atomic E-state index is 5.37. The second-order valence-corrected chi connectivity index (χ2v) is 5.83. The van der Waals surface area contributed by atoms with Gasteiger partial charge in [-0.2, -0.15) is 0 Å². The molecule has 0 saturated heterocycles. The first kappa shape index (κ1) is 11.5. The van der Waals surface area contributed by atoms with Crippen molar-refractivity contribution in [1.29, 1.82) is 0 Å². The monoisotopic (exact) mass is 281 g/mol. The number of ether oxygens (including phenoxy) is 1. The Balaban J connectivity index is 2.73. The van der Waals surface area contributed by atoms with Crippen LogP contribution >= 0.6 is 15.9 Å². The molecule has 0 saturated carbocycles. The highest BCUT2D eigenvalue weighted by Crippen LogP contribution is 2.35. The molecule has 0 atom stereocenters. The Morgan fingerprint density at radius 1 is 1.25 bits per heavy atom. The summed E-state index contributed by atoms with van der Waals surface area (Å²) in [4.78, 5) is 3.45. The quantitative estimate of drug-likeness (QED) is 0.831. The van der Waals surface area contributed by atoms with E-state index in [4.69, 9.17) is 4.74 Å². The predicted octanol–water partition coefficient (Wildman–Crippen LogP) is 4.24. The fourth-order valence-corrected chi connectivity index (χ4v) is 2.19. The molecule has 0 amide bonds. The highest BCUT2D eigenvalue weighted by atomic mass is 79.9. The van der Waals surface area contributed by atoms with Crippen LogP contribution in [0, 0.1) is 0 Å². The number of hydrogen-bond acceptors (Lipinski definition) is 1. The smallest absolute Gasteiger partial charge is 0.128 e. The van der Waals surface area contributed by atoms with Gasteiger partial charge in [0.15, 0.2) is 0 Å². The van der Waals surface area contributed by atoms with Crippen molar-refractivity contribution in [2.24, 2.45) is 0 Å². The second-order valence-electron chi connectivity index (χ2n) is 4.97. The fourth-order valence-electron chi connectivity index (χ4n) is 1.74. The summed E-state index contributed by atoms with van der Waals surface area (Å²) >= 11 is 3.55. The molecule has 1 aromatic carbocycles. The zero-order valence-electron chi connectivity index (χ0n) is 10.0. The molecule has 0 aliphatic heterocycles. The predicted molar refractivity (Wildman–Crippen MR) is 71.3 cm³/mol. The van der Waals surface area contributed by atoms with Crippen LogP contribution in [0.25, 0.3) is 10.9 Å². The number of H-pyrrole nitrogens is 1. The molecule has 2 aromatic rings. The van der Waals surface area contributed by atoms with Gasteiger partial charge in [-0.05, 0) is 34.1 Å². The van der Waals surface area contributed by atoms with Crippen molar-refractivity contribution in [1.82, 2.24) is 4.98 Å². The highest BCUT2D eigenvalue weighted by Gasteiger charge is 2.18. The molecule has 1 aromatic heterocycles. The average molecular weight is 282 g/mol. The van der Waals surface area contributed by atoms with E-state index >= 15 is 0 Å². The molecule has 0 aliphatic carbocycles. The van der Waals surface area contributed by atoms with Gasteiger partial charge >= 0.3 is 0 Å². The zero-order chi connectivity index (χ0) is 11.9. The zero-order valence-corrected chi connectivity index (χ0v) is 11.6. The van der Waals surface area contributed by atoms with Gasteiger partial charge in [0.1, 0.15) is 5.75 Å². The number of fused-ring (bicyclic) bond motifs is 1. The lowest BCUT2D eigenvalue weighted by atomic mass is 9.92. The SMILES string of the molecule is COc1ccc(Br)c2[nH]c(C(C)(C)C)cc12. The third-order valence-electron chi connectivity index (χ3n) is 2.73. The van der Waals surface area contributed by atoms with Crippen molar-refractivity contribution in [3.63, 3.8) is 0 Å². The van der Waals surface area contributed by atoms with Crippen molar-refractivity contribution in [2.75, 3.05) is 7.11 Å². The number of aromatic amines is 1. The number of halogens is 1. The van der Waals surface area contributed by atoms with Gasteiger partial charge in [-0.15, -0.1) is 0 Å². The lowest BCUT2D eigenvalue weighted by Crippen LogP contribution is -2.10. The topological polar surface area (TPSA) is 25.0 Å². The summed E-state index contributed by atoms with van der Waals surface area (Å²) in [5.74, 6) is 0.907. The Bertz CT molecular complexity index is 522. The van der Waals surface area contributed by atoms with Crippen molar-refractivity contribution in [2.45, 2.75) is 26.2 Å². The second kappa shape index (κ2) is 3.81. The van der Waals surface area contributed by atoms with Crippen molar-refractivity contribution >= 4 is 26.8 Å². The Morgan fingerprint density at radius 2 is 1.94 bits per heavy atom. The molecule has 0 spiro atoms. The number of benzene rings is 1. The lowest BCUT2D eigenvalue weighted by Gasteiger charge is -2.15. The van der Waals surface area contributed by atoms with E-state index in [0.29, 0.717) is 0 Å². The van der Waals surface area contributed by atoms with Gasteiger partial charge in [0.05, 0.1) is 12.6 Å². The van der Waals surface area contributed by atoms with Crippen molar-refractivity contribution in [3.05, 3.63) is 28.4 Å². The number of rotatable bonds is 1. The van der Waals surface area contributed by atoms with E-state index in [0.717, 1.165) is 21.1 Å². The third kappa shape index (κ3) is 1.84. The number of methoxy groups -OCH3 is 1. The first-order valence-corrected chi connectivity index (χ1v) is 6.08. The summed E-state index contributed by atoms with van der Waals surface area (Å²) in [6, 6.07) is 6.15. The molecule has 1 heterocycles. The van der Waals surface area contributed by atoms with Gasteiger partial charge in [-0.1, -0.05) is 20.8 Å². The minimum Gasteiger partial charge on any atom is -0.496 e. The van der Waals surface area contributed by atoms with Crippen LogP contribution in [0.4, 0.5) is 0 Å². The largest absolute Gasteiger partial charge is 0.496 e. The normalized spacial score (nSPS) is 12.1. The van der Waals surface area contributed by atoms with E-state index < -0.39 is 0 Å². The Hall–Kier alpha value is -0.960. The minimum atomic E-state index is 0.115. The minimum absolute atomic E-state index is 0.115. The maximum absolute atomic E-state index is 5.37. The van der Waals surface area contributed by atoms with Crippen LogP contribution < -0.4 is 4.74 Å². The Labute approximate surface area is 104 Å². The molecular weight excluding hydrogens is 266 g/mol. The molecule has 3 heteroatoms. The van der Waals surface area contributed by atoms with Crippen LogP contribution in [0.1, 0.15) is 26.5 Å². The molecule has 0 bridgehead atoms. The van der Waals surface area contributed by atoms with Gasteiger partial charge in [-0.3, -0.25) is 0 Å². The molecule has 2 nitrogen and oxygen atoms in total. The summed E-state index contributed by atoms with van der Waals surface area (Å²) in [7, 11) is 1.70.